The van der Waals surface area contributed by atoms with Crippen molar-refractivity contribution in [2.75, 3.05) is 6.61 Å². The van der Waals surface area contributed by atoms with Crippen molar-refractivity contribution >= 4 is 9.84 Å². The fraction of sp³-hybridized carbons (Fsp3) is 0.385. The number of aromatic nitrogens is 3. The number of hydrogen-bond donors (Lipinski definition) is 1. The molecule has 1 N–H and O–H groups in total. The van der Waals surface area contributed by atoms with Crippen LogP contribution < -0.4 is 4.74 Å². The van der Waals surface area contributed by atoms with Crippen molar-refractivity contribution in [1.82, 2.24) is 15.2 Å². The van der Waals surface area contributed by atoms with Gasteiger partial charge in [-0.1, -0.05) is 6.92 Å². The number of H-pyrrole nitrogens is 1. The lowest BCUT2D eigenvalue weighted by Gasteiger charge is -2.05. The van der Waals surface area contributed by atoms with Gasteiger partial charge in [-0.15, -0.1) is 0 Å². The van der Waals surface area contributed by atoms with Crippen LogP contribution in [0.25, 0.3) is 0 Å². The Morgan fingerprint density at radius 1 is 1.20 bits per heavy atom. The number of nitrogens with one attached hydrogen (secondary N) is 1. The molecule has 0 amide bonds. The first-order valence-corrected chi connectivity index (χ1v) is 8.06. The highest BCUT2D eigenvalue weighted by Gasteiger charge is 2.17. The second-order valence-electron chi connectivity index (χ2n) is 4.22. The molecule has 0 atom stereocenters. The smallest absolute Gasteiger partial charge is 0.185 e. The van der Waals surface area contributed by atoms with Crippen molar-refractivity contribution in [3.8, 4) is 5.75 Å². The van der Waals surface area contributed by atoms with Crippen LogP contribution in [0.4, 0.5) is 0 Å². The highest BCUT2D eigenvalue weighted by atomic mass is 32.2. The molecule has 0 aliphatic carbocycles. The third kappa shape index (κ3) is 3.36. The molecule has 2 aromatic rings. The second kappa shape index (κ2) is 6.04. The van der Waals surface area contributed by atoms with Crippen LogP contribution in [0.1, 0.15) is 25.5 Å². The van der Waals surface area contributed by atoms with Crippen LogP contribution in [0, 0.1) is 0 Å². The van der Waals surface area contributed by atoms with Gasteiger partial charge in [-0.3, -0.25) is 5.10 Å². The monoisotopic (exact) mass is 295 g/mol. The summed E-state index contributed by atoms with van der Waals surface area (Å²) < 4.78 is 29.8. The van der Waals surface area contributed by atoms with E-state index in [1.165, 1.54) is 12.1 Å². The molecule has 6 nitrogen and oxygen atoms in total. The number of hydrogen-bond acceptors (Lipinski definition) is 5. The number of aryl methyl sites for hydroxylation is 1. The molecule has 0 fully saturated rings. The number of ether oxygens (including phenoxy) is 1. The molecule has 2 rings (SSSR count). The standard InChI is InChI=1S/C13H17N3O3S/c1-3-12-14-13(16-15-12)9-20(17,18)11-7-5-10(6-8-11)19-4-2/h5-8H,3-4,9H2,1-2H3,(H,14,15,16). The summed E-state index contributed by atoms with van der Waals surface area (Å²) in [5.74, 6) is 1.44. The minimum atomic E-state index is -3.43. The van der Waals surface area contributed by atoms with E-state index in [1.807, 2.05) is 13.8 Å². The van der Waals surface area contributed by atoms with Crippen LogP contribution >= 0.6 is 0 Å². The van der Waals surface area contributed by atoms with E-state index in [2.05, 4.69) is 15.2 Å². The second-order valence-corrected chi connectivity index (χ2v) is 6.20. The Hall–Kier alpha value is -1.89. The number of benzene rings is 1. The Bertz CT molecular complexity index is 662. The molecule has 0 spiro atoms. The van der Waals surface area contributed by atoms with E-state index >= 15 is 0 Å². The summed E-state index contributed by atoms with van der Waals surface area (Å²) in [6.45, 7) is 4.33. The van der Waals surface area contributed by atoms with Crippen molar-refractivity contribution in [3.63, 3.8) is 0 Å². The minimum absolute atomic E-state index is 0.187. The molecule has 0 saturated carbocycles. The normalized spacial score (nSPS) is 11.5. The average Bonchev–Trinajstić information content (AvgIpc) is 2.87. The first-order chi connectivity index (χ1) is 9.55. The lowest BCUT2D eigenvalue weighted by molar-refractivity contribution is 0.340. The topological polar surface area (TPSA) is 84.9 Å². The molecule has 0 unspecified atom stereocenters. The lowest BCUT2D eigenvalue weighted by Crippen LogP contribution is -2.06. The molecule has 0 bridgehead atoms. The SMILES string of the molecule is CCOc1ccc(S(=O)(=O)Cc2nc(CC)n[nH]2)cc1. The van der Waals surface area contributed by atoms with Gasteiger partial charge in [0.15, 0.2) is 9.84 Å². The Morgan fingerprint density at radius 2 is 1.90 bits per heavy atom. The molecule has 0 aliphatic rings. The van der Waals surface area contributed by atoms with Gasteiger partial charge in [0.05, 0.1) is 11.5 Å². The van der Waals surface area contributed by atoms with Crippen molar-refractivity contribution in [2.24, 2.45) is 0 Å². The van der Waals surface area contributed by atoms with E-state index in [4.69, 9.17) is 4.74 Å². The predicted molar refractivity (Wildman–Crippen MR) is 74.3 cm³/mol. The van der Waals surface area contributed by atoms with Gasteiger partial charge in [-0.2, -0.15) is 5.10 Å². The van der Waals surface area contributed by atoms with Crippen molar-refractivity contribution in [2.45, 2.75) is 30.9 Å². The van der Waals surface area contributed by atoms with Crippen LogP contribution in [0.3, 0.4) is 0 Å². The van der Waals surface area contributed by atoms with E-state index in [1.54, 1.807) is 12.1 Å². The van der Waals surface area contributed by atoms with E-state index in [9.17, 15) is 8.42 Å². The zero-order valence-corrected chi connectivity index (χ0v) is 12.3. The molecule has 20 heavy (non-hydrogen) atoms. The molecule has 7 heteroatoms. The van der Waals surface area contributed by atoms with E-state index in [-0.39, 0.29) is 10.6 Å². The maximum absolute atomic E-state index is 12.2. The third-order valence-corrected chi connectivity index (χ3v) is 4.36. The van der Waals surface area contributed by atoms with Gasteiger partial charge in [0.1, 0.15) is 23.2 Å². The molecular formula is C13H17N3O3S. The first-order valence-electron chi connectivity index (χ1n) is 6.41. The molecule has 1 aromatic heterocycles. The van der Waals surface area contributed by atoms with Gasteiger partial charge in [-0.25, -0.2) is 13.4 Å². The molecule has 0 aliphatic heterocycles. The Balaban J connectivity index is 2.17. The lowest BCUT2D eigenvalue weighted by atomic mass is 10.3. The molecule has 108 valence electrons. The molecule has 0 radical (unpaired) electrons. The Kier molecular flexibility index (Phi) is 4.39. The number of rotatable bonds is 6. The van der Waals surface area contributed by atoms with E-state index in [0.29, 0.717) is 30.4 Å². The van der Waals surface area contributed by atoms with Crippen LogP contribution in [0.15, 0.2) is 29.2 Å². The van der Waals surface area contributed by atoms with Crippen molar-refractivity contribution in [1.29, 1.82) is 0 Å². The van der Waals surface area contributed by atoms with Crippen molar-refractivity contribution in [3.05, 3.63) is 35.9 Å². The zero-order valence-electron chi connectivity index (χ0n) is 11.5. The summed E-state index contributed by atoms with van der Waals surface area (Å²) >= 11 is 0. The first kappa shape index (κ1) is 14.5. The van der Waals surface area contributed by atoms with Crippen LogP contribution in [0.2, 0.25) is 0 Å². The summed E-state index contributed by atoms with van der Waals surface area (Å²) in [4.78, 5) is 4.36. The van der Waals surface area contributed by atoms with Gasteiger partial charge < -0.3 is 4.74 Å². The predicted octanol–water partition coefficient (Wildman–Crippen LogP) is 1.74. The largest absolute Gasteiger partial charge is 0.494 e. The summed E-state index contributed by atoms with van der Waals surface area (Å²) in [5, 5.41) is 6.58. The van der Waals surface area contributed by atoms with Crippen LogP contribution in [-0.4, -0.2) is 30.2 Å². The average molecular weight is 295 g/mol. The van der Waals surface area contributed by atoms with E-state index < -0.39 is 9.84 Å². The minimum Gasteiger partial charge on any atom is -0.494 e. The molecule has 1 heterocycles. The molecule has 1 aromatic carbocycles. The fourth-order valence-corrected chi connectivity index (χ4v) is 2.94. The number of sulfone groups is 1. The summed E-state index contributed by atoms with van der Waals surface area (Å²) in [6, 6.07) is 6.37. The quantitative estimate of drug-likeness (QED) is 0.877. The van der Waals surface area contributed by atoms with Gasteiger partial charge >= 0.3 is 0 Å². The summed E-state index contributed by atoms with van der Waals surface area (Å²) in [5.41, 5.74) is 0. The van der Waals surface area contributed by atoms with Gasteiger partial charge in [0.2, 0.25) is 0 Å². The van der Waals surface area contributed by atoms with Gasteiger partial charge in [-0.05, 0) is 31.2 Å². The maximum atomic E-state index is 12.2. The van der Waals surface area contributed by atoms with Crippen LogP contribution in [-0.2, 0) is 22.0 Å². The highest BCUT2D eigenvalue weighted by Crippen LogP contribution is 2.19. The summed E-state index contributed by atoms with van der Waals surface area (Å²) in [6.07, 6.45) is 0.666. The Labute approximate surface area is 118 Å². The zero-order chi connectivity index (χ0) is 14.6. The highest BCUT2D eigenvalue weighted by molar-refractivity contribution is 7.90. The fourth-order valence-electron chi connectivity index (χ4n) is 1.73. The number of nitrogens with zero attached hydrogens (tertiary/aromatic N) is 2. The summed E-state index contributed by atoms with van der Waals surface area (Å²) in [7, 11) is -3.43. The van der Waals surface area contributed by atoms with E-state index in [0.717, 1.165) is 0 Å². The third-order valence-electron chi connectivity index (χ3n) is 2.71. The van der Waals surface area contributed by atoms with Gasteiger partial charge in [0, 0.05) is 6.42 Å². The number of aromatic amines is 1. The molecule has 0 saturated heterocycles. The maximum Gasteiger partial charge on any atom is 0.185 e. The van der Waals surface area contributed by atoms with Gasteiger partial charge in [0.25, 0.3) is 0 Å². The molecular weight excluding hydrogens is 278 g/mol. The Morgan fingerprint density at radius 3 is 2.45 bits per heavy atom. The van der Waals surface area contributed by atoms with Crippen LogP contribution in [0.5, 0.6) is 5.75 Å². The van der Waals surface area contributed by atoms with Crippen molar-refractivity contribution < 1.29 is 13.2 Å².